The van der Waals surface area contributed by atoms with Crippen molar-refractivity contribution in [1.82, 2.24) is 14.9 Å². The van der Waals surface area contributed by atoms with Gasteiger partial charge in [0.2, 0.25) is 11.9 Å². The van der Waals surface area contributed by atoms with Crippen molar-refractivity contribution in [2.24, 2.45) is 5.92 Å². The molecule has 136 valence electrons. The third-order valence-corrected chi connectivity index (χ3v) is 5.40. The highest BCUT2D eigenvalue weighted by atomic mass is 16.7. The van der Waals surface area contributed by atoms with Crippen LogP contribution in [0.3, 0.4) is 0 Å². The molecular formula is C18H26N4O3. The molecule has 1 amide bonds. The van der Waals surface area contributed by atoms with Crippen LogP contribution >= 0.6 is 0 Å². The van der Waals surface area contributed by atoms with E-state index in [-0.39, 0.29) is 24.2 Å². The average molecular weight is 346 g/mol. The lowest BCUT2D eigenvalue weighted by Crippen LogP contribution is -2.54. The van der Waals surface area contributed by atoms with E-state index in [0.29, 0.717) is 19.8 Å². The number of hydrogen-bond acceptors (Lipinski definition) is 6. The molecule has 7 heteroatoms. The van der Waals surface area contributed by atoms with Gasteiger partial charge in [0.15, 0.2) is 6.29 Å². The van der Waals surface area contributed by atoms with E-state index >= 15 is 0 Å². The first-order valence-electron chi connectivity index (χ1n) is 9.38. The number of anilines is 1. The minimum Gasteiger partial charge on any atom is -0.348 e. The van der Waals surface area contributed by atoms with Gasteiger partial charge in [0, 0.05) is 32.0 Å². The van der Waals surface area contributed by atoms with Crippen LogP contribution in [-0.2, 0) is 14.3 Å². The lowest BCUT2D eigenvalue weighted by molar-refractivity contribution is -0.154. The number of amides is 1. The molecule has 2 unspecified atom stereocenters. The molecule has 1 aromatic heterocycles. The Kier molecular flexibility index (Phi) is 5.12. The van der Waals surface area contributed by atoms with Crippen LogP contribution in [0.1, 0.15) is 32.1 Å². The van der Waals surface area contributed by atoms with Gasteiger partial charge in [-0.2, -0.15) is 0 Å². The predicted octanol–water partition coefficient (Wildman–Crippen LogP) is 1.45. The Bertz CT molecular complexity index is 579. The molecule has 0 bridgehead atoms. The van der Waals surface area contributed by atoms with E-state index < -0.39 is 0 Å². The van der Waals surface area contributed by atoms with Crippen molar-refractivity contribution in [1.29, 1.82) is 0 Å². The van der Waals surface area contributed by atoms with Crippen molar-refractivity contribution in [3.8, 4) is 0 Å². The van der Waals surface area contributed by atoms with Gasteiger partial charge in [-0.15, -0.1) is 0 Å². The number of nitrogens with zero attached hydrogens (tertiary/aromatic N) is 4. The van der Waals surface area contributed by atoms with E-state index in [4.69, 9.17) is 9.47 Å². The van der Waals surface area contributed by atoms with E-state index in [1.54, 1.807) is 12.4 Å². The molecule has 0 saturated carbocycles. The standard InChI is InChI=1S/C18H26N4O3/c23-16(22-10-2-1-6-15(22)17-24-11-12-25-17)14-5-3-9-21(13-14)18-19-7-4-8-20-18/h4,7-8,14-15,17H,1-3,5-6,9-13H2. The predicted molar refractivity (Wildman–Crippen MR) is 92.0 cm³/mol. The van der Waals surface area contributed by atoms with Gasteiger partial charge in [0.25, 0.3) is 0 Å². The lowest BCUT2D eigenvalue weighted by atomic mass is 9.93. The van der Waals surface area contributed by atoms with E-state index in [0.717, 1.165) is 51.1 Å². The molecule has 0 aliphatic carbocycles. The van der Waals surface area contributed by atoms with Crippen molar-refractivity contribution in [3.05, 3.63) is 18.5 Å². The molecule has 3 fully saturated rings. The fourth-order valence-corrected chi connectivity index (χ4v) is 4.16. The molecule has 25 heavy (non-hydrogen) atoms. The summed E-state index contributed by atoms with van der Waals surface area (Å²) in [6.07, 6.45) is 8.34. The number of aromatic nitrogens is 2. The first kappa shape index (κ1) is 16.7. The van der Waals surface area contributed by atoms with Crippen LogP contribution in [0.4, 0.5) is 5.95 Å². The largest absolute Gasteiger partial charge is 0.348 e. The Morgan fingerprint density at radius 3 is 2.64 bits per heavy atom. The second-order valence-electron chi connectivity index (χ2n) is 7.04. The van der Waals surface area contributed by atoms with Crippen molar-refractivity contribution in [2.75, 3.05) is 37.7 Å². The van der Waals surface area contributed by atoms with Crippen LogP contribution in [0.5, 0.6) is 0 Å². The molecule has 4 rings (SSSR count). The number of likely N-dealkylation sites (tertiary alicyclic amines) is 1. The lowest BCUT2D eigenvalue weighted by Gasteiger charge is -2.41. The van der Waals surface area contributed by atoms with E-state index in [9.17, 15) is 4.79 Å². The quantitative estimate of drug-likeness (QED) is 0.825. The van der Waals surface area contributed by atoms with Crippen LogP contribution < -0.4 is 4.90 Å². The highest BCUT2D eigenvalue weighted by Gasteiger charge is 2.39. The van der Waals surface area contributed by atoms with Gasteiger partial charge in [-0.05, 0) is 38.2 Å². The third-order valence-electron chi connectivity index (χ3n) is 5.40. The SMILES string of the molecule is O=C(C1CCCN(c2ncccn2)C1)N1CCCCC1C1OCCO1. The van der Waals surface area contributed by atoms with Crippen molar-refractivity contribution in [2.45, 2.75) is 44.4 Å². The normalized spacial score (nSPS) is 28.3. The average Bonchev–Trinajstić information content (AvgIpc) is 3.23. The molecular weight excluding hydrogens is 320 g/mol. The van der Waals surface area contributed by atoms with Crippen molar-refractivity contribution in [3.63, 3.8) is 0 Å². The van der Waals surface area contributed by atoms with Gasteiger partial charge in [-0.1, -0.05) is 0 Å². The Hall–Kier alpha value is -1.73. The molecule has 4 heterocycles. The highest BCUT2D eigenvalue weighted by Crippen LogP contribution is 2.28. The topological polar surface area (TPSA) is 67.8 Å². The fourth-order valence-electron chi connectivity index (χ4n) is 4.16. The Labute approximate surface area is 148 Å². The summed E-state index contributed by atoms with van der Waals surface area (Å²) < 4.78 is 11.4. The fraction of sp³-hybridized carbons (Fsp3) is 0.722. The summed E-state index contributed by atoms with van der Waals surface area (Å²) in [5.41, 5.74) is 0. The van der Waals surface area contributed by atoms with E-state index in [2.05, 4.69) is 14.9 Å². The first-order chi connectivity index (χ1) is 12.3. The summed E-state index contributed by atoms with van der Waals surface area (Å²) >= 11 is 0. The molecule has 0 spiro atoms. The van der Waals surface area contributed by atoms with E-state index in [1.807, 2.05) is 11.0 Å². The Balaban J connectivity index is 1.45. The number of carbonyl (C=O) groups excluding carboxylic acids is 1. The molecule has 7 nitrogen and oxygen atoms in total. The minimum atomic E-state index is -0.249. The van der Waals surface area contributed by atoms with Gasteiger partial charge < -0.3 is 19.3 Å². The second-order valence-corrected chi connectivity index (χ2v) is 7.04. The van der Waals surface area contributed by atoms with Gasteiger partial charge >= 0.3 is 0 Å². The van der Waals surface area contributed by atoms with Gasteiger partial charge in [0.1, 0.15) is 0 Å². The van der Waals surface area contributed by atoms with Gasteiger partial charge in [-0.25, -0.2) is 9.97 Å². The van der Waals surface area contributed by atoms with Crippen LogP contribution in [-0.4, -0.2) is 66.0 Å². The van der Waals surface area contributed by atoms with Crippen LogP contribution in [0, 0.1) is 5.92 Å². The smallest absolute Gasteiger partial charge is 0.227 e. The number of rotatable bonds is 3. The minimum absolute atomic E-state index is 0.000408. The molecule has 3 saturated heterocycles. The molecule has 0 radical (unpaired) electrons. The molecule has 0 N–H and O–H groups in total. The molecule has 0 aromatic carbocycles. The maximum absolute atomic E-state index is 13.2. The third kappa shape index (κ3) is 3.62. The number of hydrogen-bond donors (Lipinski definition) is 0. The number of piperidine rings is 2. The van der Waals surface area contributed by atoms with Crippen LogP contribution in [0.25, 0.3) is 0 Å². The zero-order chi connectivity index (χ0) is 17.1. The second kappa shape index (κ2) is 7.66. The summed E-state index contributed by atoms with van der Waals surface area (Å²) in [5.74, 6) is 0.960. The zero-order valence-electron chi connectivity index (χ0n) is 14.5. The van der Waals surface area contributed by atoms with Crippen LogP contribution in [0.15, 0.2) is 18.5 Å². The summed E-state index contributed by atoms with van der Waals surface area (Å²) in [6.45, 7) is 3.67. The van der Waals surface area contributed by atoms with E-state index in [1.165, 1.54) is 0 Å². The molecule has 3 aliphatic rings. The van der Waals surface area contributed by atoms with Gasteiger partial charge in [0.05, 0.1) is 25.2 Å². The zero-order valence-corrected chi connectivity index (χ0v) is 14.5. The summed E-state index contributed by atoms with van der Waals surface area (Å²) in [5, 5.41) is 0. The van der Waals surface area contributed by atoms with Crippen molar-refractivity contribution < 1.29 is 14.3 Å². The monoisotopic (exact) mass is 346 g/mol. The Morgan fingerprint density at radius 2 is 1.84 bits per heavy atom. The number of ether oxygens (including phenoxy) is 2. The van der Waals surface area contributed by atoms with Crippen LogP contribution in [0.2, 0.25) is 0 Å². The first-order valence-corrected chi connectivity index (χ1v) is 9.38. The van der Waals surface area contributed by atoms with Gasteiger partial charge in [-0.3, -0.25) is 4.79 Å². The maximum atomic E-state index is 13.2. The molecule has 3 aliphatic heterocycles. The highest BCUT2D eigenvalue weighted by molar-refractivity contribution is 5.80. The number of carbonyl (C=O) groups is 1. The van der Waals surface area contributed by atoms with Crippen molar-refractivity contribution >= 4 is 11.9 Å². The maximum Gasteiger partial charge on any atom is 0.227 e. The Morgan fingerprint density at radius 1 is 1.04 bits per heavy atom. The summed E-state index contributed by atoms with van der Waals surface area (Å²) in [7, 11) is 0. The molecule has 2 atom stereocenters. The molecule has 1 aromatic rings. The summed E-state index contributed by atoms with van der Waals surface area (Å²) in [4.78, 5) is 26.1. The summed E-state index contributed by atoms with van der Waals surface area (Å²) in [6, 6.07) is 1.88.